The lowest BCUT2D eigenvalue weighted by atomic mass is 9.89. The fourth-order valence-electron chi connectivity index (χ4n) is 5.57. The number of piperidine rings is 1. The quantitative estimate of drug-likeness (QED) is 0.238. The van der Waals surface area contributed by atoms with Crippen molar-refractivity contribution < 1.29 is 27.9 Å². The number of hydrogen-bond donors (Lipinski definition) is 0. The zero-order chi connectivity index (χ0) is 30.1. The first-order valence-electron chi connectivity index (χ1n) is 14.5. The minimum atomic E-state index is -0.713. The molecule has 5 rings (SSSR count). The van der Waals surface area contributed by atoms with Gasteiger partial charge in [0, 0.05) is 23.1 Å². The van der Waals surface area contributed by atoms with Crippen molar-refractivity contribution in [3.8, 4) is 11.1 Å². The monoisotopic (exact) mass is 572 g/mol. The number of ether oxygens (including phenoxy) is 2. The number of hydrogen-bond acceptors (Lipinski definition) is 6. The van der Waals surface area contributed by atoms with Gasteiger partial charge in [-0.1, -0.05) is 30.3 Å². The minimum Gasteiger partial charge on any atom is -0.472 e. The number of nitrogens with zero attached hydrogens (tertiary/aromatic N) is 2. The molecule has 2 aromatic heterocycles. The second-order valence-electron chi connectivity index (χ2n) is 12.8. The molecule has 0 spiro atoms. The van der Waals surface area contributed by atoms with Crippen LogP contribution in [0.5, 0.6) is 0 Å². The lowest BCUT2D eigenvalue weighted by Gasteiger charge is -2.46. The van der Waals surface area contributed by atoms with Crippen molar-refractivity contribution >= 4 is 23.2 Å². The van der Waals surface area contributed by atoms with Crippen molar-refractivity contribution in [2.45, 2.75) is 84.2 Å². The minimum absolute atomic E-state index is 0.223. The molecule has 1 saturated heterocycles. The molecule has 4 aromatic rings. The Balaban J connectivity index is 1.60. The number of carbonyl (C=O) groups is 2. The van der Waals surface area contributed by atoms with Crippen LogP contribution in [0, 0.1) is 0 Å². The number of benzene rings is 2. The van der Waals surface area contributed by atoms with E-state index in [9.17, 15) is 9.59 Å². The first-order chi connectivity index (χ1) is 19.9. The van der Waals surface area contributed by atoms with Crippen LogP contribution in [0.25, 0.3) is 22.1 Å². The van der Waals surface area contributed by atoms with Gasteiger partial charge in [0.15, 0.2) is 0 Å². The molecule has 2 amide bonds. The molecule has 0 aliphatic carbocycles. The molecule has 0 saturated carbocycles. The molecule has 222 valence electrons. The van der Waals surface area contributed by atoms with E-state index in [4.69, 9.17) is 18.3 Å². The van der Waals surface area contributed by atoms with E-state index in [0.717, 1.165) is 27.6 Å². The highest BCUT2D eigenvalue weighted by atomic mass is 16.6. The lowest BCUT2D eigenvalue weighted by Crippen LogP contribution is -2.54. The van der Waals surface area contributed by atoms with E-state index in [1.54, 1.807) is 28.6 Å². The van der Waals surface area contributed by atoms with Gasteiger partial charge in [0.2, 0.25) is 0 Å². The molecule has 0 N–H and O–H groups in total. The first kappa shape index (κ1) is 29.3. The van der Waals surface area contributed by atoms with E-state index < -0.39 is 29.4 Å². The maximum atomic E-state index is 14.1. The zero-order valence-corrected chi connectivity index (χ0v) is 25.3. The van der Waals surface area contributed by atoms with Crippen LogP contribution in [0.3, 0.4) is 0 Å². The Morgan fingerprint density at radius 1 is 0.929 bits per heavy atom. The van der Waals surface area contributed by atoms with Gasteiger partial charge in [-0.05, 0) is 89.8 Å². The summed E-state index contributed by atoms with van der Waals surface area (Å²) in [6.07, 6.45) is 5.52. The predicted molar refractivity (Wildman–Crippen MR) is 161 cm³/mol. The number of likely N-dealkylation sites (tertiary alicyclic amines) is 1. The fourth-order valence-corrected chi connectivity index (χ4v) is 5.57. The van der Waals surface area contributed by atoms with Gasteiger partial charge in [-0.15, -0.1) is 0 Å². The highest BCUT2D eigenvalue weighted by Crippen LogP contribution is 2.38. The van der Waals surface area contributed by atoms with Gasteiger partial charge in [0.1, 0.15) is 16.8 Å². The highest BCUT2D eigenvalue weighted by molar-refractivity contribution is 5.86. The van der Waals surface area contributed by atoms with E-state index in [1.165, 1.54) is 0 Å². The van der Waals surface area contributed by atoms with Crippen LogP contribution < -0.4 is 0 Å². The normalized spacial score (nSPS) is 17.7. The number of carbonyl (C=O) groups excluding carboxylic acids is 2. The topological polar surface area (TPSA) is 85.4 Å². The summed E-state index contributed by atoms with van der Waals surface area (Å²) in [4.78, 5) is 31.2. The lowest BCUT2D eigenvalue weighted by molar-refractivity contribution is -0.0262. The van der Waals surface area contributed by atoms with Crippen molar-refractivity contribution in [3.05, 3.63) is 84.5 Å². The Kier molecular flexibility index (Phi) is 8.08. The SMILES string of the molecule is CC(C)(C)OC(=O)N(Cc1cc(-c2ccoc2)cc2ccoc12)[C@H]1CCCN(C(=O)OC(C)(C)C)[C@H]1c1ccccc1. The van der Waals surface area contributed by atoms with E-state index in [2.05, 4.69) is 0 Å². The van der Waals surface area contributed by atoms with E-state index in [-0.39, 0.29) is 12.6 Å². The van der Waals surface area contributed by atoms with E-state index >= 15 is 0 Å². The Labute approximate surface area is 247 Å². The van der Waals surface area contributed by atoms with E-state index in [1.807, 2.05) is 96.1 Å². The van der Waals surface area contributed by atoms with Crippen LogP contribution in [0.1, 0.15) is 71.6 Å². The summed E-state index contributed by atoms with van der Waals surface area (Å²) in [6, 6.07) is 16.9. The summed E-state index contributed by atoms with van der Waals surface area (Å²) in [5.41, 5.74) is 2.98. The Bertz CT molecular complexity index is 1510. The summed E-state index contributed by atoms with van der Waals surface area (Å²) in [6.45, 7) is 11.9. The standard InChI is InChI=1S/C34H40N2O6/c1-33(2,3)41-31(37)35-16-10-13-28(29(35)23-11-8-7-9-12-23)36(32(38)42-34(4,5)6)21-27-20-26(25-14-17-39-22-25)19-24-15-18-40-30(24)27/h7-9,11-12,14-15,17-20,22,28-29H,10,13,16,21H2,1-6H3/t28-,29-/m0/s1. The van der Waals surface area contributed by atoms with Crippen molar-refractivity contribution in [2.24, 2.45) is 0 Å². The Morgan fingerprint density at radius 3 is 2.33 bits per heavy atom. The third kappa shape index (κ3) is 6.64. The van der Waals surface area contributed by atoms with Gasteiger partial charge >= 0.3 is 12.2 Å². The zero-order valence-electron chi connectivity index (χ0n) is 25.3. The molecule has 8 heteroatoms. The maximum absolute atomic E-state index is 14.1. The largest absolute Gasteiger partial charge is 0.472 e. The number of rotatable bonds is 5. The Hall–Kier alpha value is -4.20. The Morgan fingerprint density at radius 2 is 1.67 bits per heavy atom. The molecule has 3 heterocycles. The average molecular weight is 573 g/mol. The van der Waals surface area contributed by atoms with Crippen LogP contribution in [0.4, 0.5) is 9.59 Å². The fraction of sp³-hybridized carbons (Fsp3) is 0.412. The molecule has 1 aliphatic heterocycles. The average Bonchev–Trinajstić information content (AvgIpc) is 3.62. The number of furan rings is 2. The van der Waals surface area contributed by atoms with Gasteiger partial charge in [0.25, 0.3) is 0 Å². The summed E-state index contributed by atoms with van der Waals surface area (Å²) in [5, 5.41) is 0.923. The van der Waals surface area contributed by atoms with Crippen LogP contribution in [-0.4, -0.2) is 45.8 Å². The molecule has 0 bridgehead atoms. The van der Waals surface area contributed by atoms with Crippen molar-refractivity contribution in [3.63, 3.8) is 0 Å². The third-order valence-corrected chi connectivity index (χ3v) is 7.22. The van der Waals surface area contributed by atoms with Crippen LogP contribution in [0.2, 0.25) is 0 Å². The molecule has 8 nitrogen and oxygen atoms in total. The van der Waals surface area contributed by atoms with Gasteiger partial charge in [-0.3, -0.25) is 9.80 Å². The summed E-state index contributed by atoms with van der Waals surface area (Å²) >= 11 is 0. The number of amides is 2. The highest BCUT2D eigenvalue weighted by Gasteiger charge is 2.43. The van der Waals surface area contributed by atoms with Crippen molar-refractivity contribution in [2.75, 3.05) is 6.54 Å². The smallest absolute Gasteiger partial charge is 0.410 e. The molecule has 42 heavy (non-hydrogen) atoms. The van der Waals surface area contributed by atoms with Crippen LogP contribution in [0.15, 0.2) is 82.2 Å². The molecule has 0 unspecified atom stereocenters. The molecule has 2 aromatic carbocycles. The summed E-state index contributed by atoms with van der Waals surface area (Å²) < 4.78 is 23.1. The first-order valence-corrected chi connectivity index (χ1v) is 14.5. The molecular formula is C34H40N2O6. The second kappa shape index (κ2) is 11.6. The number of fused-ring (bicyclic) bond motifs is 1. The molecular weight excluding hydrogens is 532 g/mol. The summed E-state index contributed by atoms with van der Waals surface area (Å²) in [5.74, 6) is 0. The van der Waals surface area contributed by atoms with Gasteiger partial charge < -0.3 is 18.3 Å². The van der Waals surface area contributed by atoms with E-state index in [0.29, 0.717) is 25.0 Å². The van der Waals surface area contributed by atoms with Crippen LogP contribution >= 0.6 is 0 Å². The summed E-state index contributed by atoms with van der Waals surface area (Å²) in [7, 11) is 0. The maximum Gasteiger partial charge on any atom is 0.410 e. The van der Waals surface area contributed by atoms with Crippen molar-refractivity contribution in [1.29, 1.82) is 0 Å². The molecule has 0 radical (unpaired) electrons. The molecule has 2 atom stereocenters. The second-order valence-corrected chi connectivity index (χ2v) is 12.8. The van der Waals surface area contributed by atoms with Crippen molar-refractivity contribution in [1.82, 2.24) is 9.80 Å². The van der Waals surface area contributed by atoms with Gasteiger partial charge in [-0.2, -0.15) is 0 Å². The molecule has 1 aliphatic rings. The van der Waals surface area contributed by atoms with Gasteiger partial charge in [-0.25, -0.2) is 9.59 Å². The molecule has 1 fully saturated rings. The van der Waals surface area contributed by atoms with Gasteiger partial charge in [0.05, 0.1) is 37.4 Å². The third-order valence-electron chi connectivity index (χ3n) is 7.22. The predicted octanol–water partition coefficient (Wildman–Crippen LogP) is 8.57. The van der Waals surface area contributed by atoms with Crippen LogP contribution in [-0.2, 0) is 16.0 Å².